The summed E-state index contributed by atoms with van der Waals surface area (Å²) < 4.78 is 0. The average Bonchev–Trinajstić information content (AvgIpc) is 2.12. The van der Waals surface area contributed by atoms with Crippen molar-refractivity contribution >= 4 is 5.78 Å². The fourth-order valence-corrected chi connectivity index (χ4v) is 3.94. The van der Waals surface area contributed by atoms with Crippen LogP contribution in [-0.4, -0.2) is 5.78 Å². The van der Waals surface area contributed by atoms with Gasteiger partial charge in [-0.3, -0.25) is 4.79 Å². The van der Waals surface area contributed by atoms with Crippen molar-refractivity contribution in [3.8, 4) is 0 Å². The summed E-state index contributed by atoms with van der Waals surface area (Å²) in [6, 6.07) is 0. The van der Waals surface area contributed by atoms with Crippen LogP contribution in [0.15, 0.2) is 12.2 Å². The number of carbonyl (C=O) groups excluding carboxylic acids is 1. The molecule has 15 heavy (non-hydrogen) atoms. The zero-order valence-electron chi connectivity index (χ0n) is 10.2. The first kappa shape index (κ1) is 10.9. The van der Waals surface area contributed by atoms with E-state index in [4.69, 9.17) is 0 Å². The van der Waals surface area contributed by atoms with Crippen LogP contribution in [0.25, 0.3) is 0 Å². The van der Waals surface area contributed by atoms with Crippen LogP contribution in [-0.2, 0) is 4.79 Å². The maximum atomic E-state index is 11.8. The zero-order chi connectivity index (χ0) is 11.3. The van der Waals surface area contributed by atoms with Gasteiger partial charge in [-0.2, -0.15) is 0 Å². The Morgan fingerprint density at radius 2 is 1.93 bits per heavy atom. The quantitative estimate of drug-likeness (QED) is 0.552. The summed E-state index contributed by atoms with van der Waals surface area (Å²) >= 11 is 0. The molecule has 0 heterocycles. The highest BCUT2D eigenvalue weighted by Crippen LogP contribution is 2.58. The Kier molecular flexibility index (Phi) is 2.33. The van der Waals surface area contributed by atoms with Gasteiger partial charge in [0.05, 0.1) is 0 Å². The number of fused-ring (bicyclic) bond motifs is 1. The van der Waals surface area contributed by atoms with Gasteiger partial charge in [-0.05, 0) is 41.6 Å². The second kappa shape index (κ2) is 3.20. The standard InChI is InChI=1S/C14H22O/c1-10-11(15)6-7-12-13(2,3)8-5-9-14(10,12)4/h12H,1,5-9H2,2-4H3. The number of Topliss-reactive ketones (excluding diaryl/α,β-unsaturated/α-hetero) is 1. The molecule has 0 saturated heterocycles. The first-order valence-corrected chi connectivity index (χ1v) is 6.10. The molecule has 2 aliphatic rings. The van der Waals surface area contributed by atoms with Crippen LogP contribution < -0.4 is 0 Å². The molecule has 2 unspecified atom stereocenters. The van der Waals surface area contributed by atoms with Crippen LogP contribution >= 0.6 is 0 Å². The number of rotatable bonds is 0. The van der Waals surface area contributed by atoms with Gasteiger partial charge in [-0.15, -0.1) is 0 Å². The van der Waals surface area contributed by atoms with E-state index in [2.05, 4.69) is 27.4 Å². The minimum absolute atomic E-state index is 0.0943. The van der Waals surface area contributed by atoms with Crippen LogP contribution in [0.2, 0.25) is 0 Å². The summed E-state index contributed by atoms with van der Waals surface area (Å²) in [4.78, 5) is 11.8. The lowest BCUT2D eigenvalue weighted by molar-refractivity contribution is -0.122. The Morgan fingerprint density at radius 1 is 1.27 bits per heavy atom. The lowest BCUT2D eigenvalue weighted by Gasteiger charge is -2.54. The third kappa shape index (κ3) is 1.47. The van der Waals surface area contributed by atoms with E-state index in [-0.39, 0.29) is 5.41 Å². The van der Waals surface area contributed by atoms with E-state index >= 15 is 0 Å². The zero-order valence-corrected chi connectivity index (χ0v) is 10.2. The van der Waals surface area contributed by atoms with Gasteiger partial charge in [0.1, 0.15) is 0 Å². The van der Waals surface area contributed by atoms with E-state index in [1.807, 2.05) is 0 Å². The average molecular weight is 206 g/mol. The molecule has 2 atom stereocenters. The van der Waals surface area contributed by atoms with Crippen LogP contribution in [0.5, 0.6) is 0 Å². The van der Waals surface area contributed by atoms with E-state index in [0.717, 1.165) is 24.8 Å². The van der Waals surface area contributed by atoms with Crippen molar-refractivity contribution in [2.45, 2.75) is 52.9 Å². The van der Waals surface area contributed by atoms with E-state index < -0.39 is 0 Å². The van der Waals surface area contributed by atoms with Crippen molar-refractivity contribution in [1.82, 2.24) is 0 Å². The molecule has 0 N–H and O–H groups in total. The number of carbonyl (C=O) groups is 1. The molecular weight excluding hydrogens is 184 g/mol. The Hall–Kier alpha value is -0.590. The molecule has 0 aromatic rings. The second-order valence-electron chi connectivity index (χ2n) is 6.25. The first-order valence-electron chi connectivity index (χ1n) is 6.10. The van der Waals surface area contributed by atoms with Gasteiger partial charge in [0, 0.05) is 6.42 Å². The summed E-state index contributed by atoms with van der Waals surface area (Å²) in [7, 11) is 0. The van der Waals surface area contributed by atoms with E-state index in [1.54, 1.807) is 0 Å². The largest absolute Gasteiger partial charge is 0.295 e. The minimum atomic E-state index is 0.0943. The van der Waals surface area contributed by atoms with Gasteiger partial charge >= 0.3 is 0 Å². The Balaban J connectivity index is 2.38. The molecule has 0 amide bonds. The highest BCUT2D eigenvalue weighted by molar-refractivity contribution is 5.97. The molecule has 0 aromatic carbocycles. The Labute approximate surface area is 92.9 Å². The second-order valence-corrected chi connectivity index (χ2v) is 6.25. The van der Waals surface area contributed by atoms with Crippen LogP contribution in [0, 0.1) is 16.7 Å². The van der Waals surface area contributed by atoms with E-state index in [1.165, 1.54) is 12.8 Å². The lowest BCUT2D eigenvalue weighted by atomic mass is 9.50. The van der Waals surface area contributed by atoms with Gasteiger partial charge in [0.25, 0.3) is 0 Å². The third-order valence-electron chi connectivity index (χ3n) is 4.92. The molecule has 1 nitrogen and oxygen atoms in total. The normalized spacial score (nSPS) is 40.1. The summed E-state index contributed by atoms with van der Waals surface area (Å²) in [6.07, 6.45) is 5.50. The SMILES string of the molecule is C=C1C(=O)CCC2C(C)(C)CCCC12C. The molecule has 0 radical (unpaired) electrons. The van der Waals surface area contributed by atoms with E-state index in [9.17, 15) is 4.79 Å². The molecular formula is C14H22O. The number of hydrogen-bond donors (Lipinski definition) is 0. The van der Waals surface area contributed by atoms with E-state index in [0.29, 0.717) is 17.1 Å². The molecule has 0 aromatic heterocycles. The summed E-state index contributed by atoms with van der Waals surface area (Å²) in [5.41, 5.74) is 1.39. The predicted octanol–water partition coefficient (Wildman–Crippen LogP) is 3.74. The Bertz CT molecular complexity index is 313. The monoisotopic (exact) mass is 206 g/mol. The molecule has 84 valence electrons. The Morgan fingerprint density at radius 3 is 2.60 bits per heavy atom. The van der Waals surface area contributed by atoms with Gasteiger partial charge < -0.3 is 0 Å². The number of hydrogen-bond acceptors (Lipinski definition) is 1. The summed E-state index contributed by atoms with van der Waals surface area (Å²) in [5, 5.41) is 0. The van der Waals surface area contributed by atoms with Gasteiger partial charge in [-0.1, -0.05) is 33.8 Å². The maximum Gasteiger partial charge on any atom is 0.158 e. The van der Waals surface area contributed by atoms with Crippen molar-refractivity contribution in [3.05, 3.63) is 12.2 Å². The summed E-state index contributed by atoms with van der Waals surface area (Å²) in [5.74, 6) is 0.968. The smallest absolute Gasteiger partial charge is 0.158 e. The molecule has 2 saturated carbocycles. The number of allylic oxidation sites excluding steroid dienone is 1. The van der Waals surface area contributed by atoms with Crippen molar-refractivity contribution in [1.29, 1.82) is 0 Å². The fraction of sp³-hybridized carbons (Fsp3) is 0.786. The molecule has 1 heteroatoms. The minimum Gasteiger partial charge on any atom is -0.295 e. The van der Waals surface area contributed by atoms with Crippen LogP contribution in [0.4, 0.5) is 0 Å². The van der Waals surface area contributed by atoms with Crippen molar-refractivity contribution < 1.29 is 4.79 Å². The van der Waals surface area contributed by atoms with Crippen LogP contribution in [0.3, 0.4) is 0 Å². The van der Waals surface area contributed by atoms with Crippen molar-refractivity contribution in [2.75, 3.05) is 0 Å². The molecule has 0 bridgehead atoms. The predicted molar refractivity (Wildman–Crippen MR) is 62.6 cm³/mol. The third-order valence-corrected chi connectivity index (χ3v) is 4.92. The topological polar surface area (TPSA) is 17.1 Å². The fourth-order valence-electron chi connectivity index (χ4n) is 3.94. The van der Waals surface area contributed by atoms with Crippen molar-refractivity contribution in [2.24, 2.45) is 16.7 Å². The molecule has 2 rings (SSSR count). The molecule has 0 aliphatic heterocycles. The van der Waals surface area contributed by atoms with Crippen molar-refractivity contribution in [3.63, 3.8) is 0 Å². The highest BCUT2D eigenvalue weighted by atomic mass is 16.1. The maximum absolute atomic E-state index is 11.8. The highest BCUT2D eigenvalue weighted by Gasteiger charge is 2.51. The summed E-state index contributed by atoms with van der Waals surface area (Å²) in [6.45, 7) is 11.0. The molecule has 2 aliphatic carbocycles. The number of ketones is 1. The first-order chi connectivity index (χ1) is 6.88. The van der Waals surface area contributed by atoms with Gasteiger partial charge in [0.15, 0.2) is 5.78 Å². The van der Waals surface area contributed by atoms with Crippen LogP contribution in [0.1, 0.15) is 52.9 Å². The van der Waals surface area contributed by atoms with Gasteiger partial charge in [0.2, 0.25) is 0 Å². The molecule has 2 fully saturated rings. The van der Waals surface area contributed by atoms with Gasteiger partial charge in [-0.25, -0.2) is 0 Å². The molecule has 0 spiro atoms. The lowest BCUT2D eigenvalue weighted by Crippen LogP contribution is -2.47.